The number of nitriles is 1. The molecule has 0 spiro atoms. The SMILES string of the molecule is N#Cc1cc(-c2ccnc3[nH]c(-c4ccc(N5CCCCC5)c(F)c4)cc23)ccc1CC1CCCCC1. The zero-order chi connectivity index (χ0) is 25.2. The van der Waals surface area contributed by atoms with Crippen molar-refractivity contribution in [2.24, 2.45) is 5.92 Å². The Morgan fingerprint density at radius 3 is 2.49 bits per heavy atom. The third-order valence-corrected chi connectivity index (χ3v) is 8.26. The molecule has 1 saturated heterocycles. The van der Waals surface area contributed by atoms with E-state index in [4.69, 9.17) is 0 Å². The van der Waals surface area contributed by atoms with Gasteiger partial charge >= 0.3 is 0 Å². The molecule has 2 fully saturated rings. The fourth-order valence-corrected chi connectivity index (χ4v) is 6.23. The van der Waals surface area contributed by atoms with Crippen LogP contribution in [0.3, 0.4) is 0 Å². The summed E-state index contributed by atoms with van der Waals surface area (Å²) < 4.78 is 15.1. The molecule has 188 valence electrons. The van der Waals surface area contributed by atoms with E-state index in [-0.39, 0.29) is 5.82 Å². The van der Waals surface area contributed by atoms with Gasteiger partial charge in [0.1, 0.15) is 11.5 Å². The highest BCUT2D eigenvalue weighted by Gasteiger charge is 2.18. The fourth-order valence-electron chi connectivity index (χ4n) is 6.23. The van der Waals surface area contributed by atoms with Crippen LogP contribution in [-0.4, -0.2) is 23.1 Å². The number of aromatic amines is 1. The predicted molar refractivity (Wildman–Crippen MR) is 148 cm³/mol. The van der Waals surface area contributed by atoms with Crippen molar-refractivity contribution < 1.29 is 4.39 Å². The van der Waals surface area contributed by atoms with Crippen molar-refractivity contribution >= 4 is 16.7 Å². The standard InChI is InChI=1S/C32H33FN4/c33-29-19-25(11-12-31(29)37-15-5-2-6-16-37)30-20-28-27(13-14-35-32(28)36-30)24-10-9-23(26(18-24)21-34)17-22-7-3-1-4-8-22/h9-14,18-20,22H,1-8,15-17H2,(H,35,36). The van der Waals surface area contributed by atoms with E-state index >= 15 is 4.39 Å². The van der Waals surface area contributed by atoms with Crippen LogP contribution in [0.4, 0.5) is 10.1 Å². The highest BCUT2D eigenvalue weighted by atomic mass is 19.1. The predicted octanol–water partition coefficient (Wildman–Crippen LogP) is 8.02. The molecule has 0 radical (unpaired) electrons. The van der Waals surface area contributed by atoms with Gasteiger partial charge < -0.3 is 9.88 Å². The number of fused-ring (bicyclic) bond motifs is 1. The van der Waals surface area contributed by atoms with Crippen molar-refractivity contribution in [3.05, 3.63) is 71.7 Å². The maximum absolute atomic E-state index is 15.1. The number of halogens is 1. The lowest BCUT2D eigenvalue weighted by Gasteiger charge is -2.29. The number of nitrogens with zero attached hydrogens (tertiary/aromatic N) is 3. The minimum absolute atomic E-state index is 0.182. The molecule has 2 aromatic heterocycles. The minimum Gasteiger partial charge on any atom is -0.369 e. The second-order valence-corrected chi connectivity index (χ2v) is 10.7. The molecular formula is C32H33FN4. The van der Waals surface area contributed by atoms with Gasteiger partial charge in [-0.05, 0) is 78.6 Å². The summed E-state index contributed by atoms with van der Waals surface area (Å²) >= 11 is 0. The number of H-pyrrole nitrogens is 1. The Morgan fingerprint density at radius 2 is 1.70 bits per heavy atom. The van der Waals surface area contributed by atoms with Crippen LogP contribution in [0.5, 0.6) is 0 Å². The Balaban J connectivity index is 1.31. The van der Waals surface area contributed by atoms with Gasteiger partial charge in [0.15, 0.2) is 0 Å². The van der Waals surface area contributed by atoms with Gasteiger partial charge in [-0.2, -0.15) is 5.26 Å². The molecule has 2 aromatic carbocycles. The van der Waals surface area contributed by atoms with Crippen LogP contribution in [0.2, 0.25) is 0 Å². The normalized spacial score (nSPS) is 16.7. The lowest BCUT2D eigenvalue weighted by molar-refractivity contribution is 0.356. The van der Waals surface area contributed by atoms with E-state index in [0.717, 1.165) is 76.9 Å². The van der Waals surface area contributed by atoms with Crippen molar-refractivity contribution in [1.29, 1.82) is 5.26 Å². The summed E-state index contributed by atoms with van der Waals surface area (Å²) in [5.74, 6) is 0.506. The van der Waals surface area contributed by atoms with Gasteiger partial charge in [-0.15, -0.1) is 0 Å². The number of benzene rings is 2. The van der Waals surface area contributed by atoms with E-state index < -0.39 is 0 Å². The molecule has 6 rings (SSSR count). The molecule has 4 aromatic rings. The highest BCUT2D eigenvalue weighted by molar-refractivity contribution is 5.96. The van der Waals surface area contributed by atoms with Crippen LogP contribution < -0.4 is 4.90 Å². The minimum atomic E-state index is -0.182. The summed E-state index contributed by atoms with van der Waals surface area (Å²) in [5, 5.41) is 10.9. The van der Waals surface area contributed by atoms with E-state index in [1.54, 1.807) is 12.3 Å². The number of pyridine rings is 1. The van der Waals surface area contributed by atoms with Gasteiger partial charge in [0, 0.05) is 35.9 Å². The van der Waals surface area contributed by atoms with Gasteiger partial charge in [0.2, 0.25) is 0 Å². The summed E-state index contributed by atoms with van der Waals surface area (Å²) in [4.78, 5) is 10.1. The van der Waals surface area contributed by atoms with Gasteiger partial charge in [0.25, 0.3) is 0 Å². The molecule has 2 aliphatic rings. The molecular weight excluding hydrogens is 459 g/mol. The molecule has 37 heavy (non-hydrogen) atoms. The van der Waals surface area contributed by atoms with E-state index in [1.165, 1.54) is 38.5 Å². The molecule has 0 atom stereocenters. The quantitative estimate of drug-likeness (QED) is 0.307. The second kappa shape index (κ2) is 10.4. The highest BCUT2D eigenvalue weighted by Crippen LogP contribution is 2.35. The van der Waals surface area contributed by atoms with Crippen molar-refractivity contribution in [3.8, 4) is 28.5 Å². The Bertz CT molecular complexity index is 1450. The Kier molecular flexibility index (Phi) is 6.66. The van der Waals surface area contributed by atoms with Gasteiger partial charge in [-0.25, -0.2) is 9.37 Å². The molecule has 0 amide bonds. The summed E-state index contributed by atoms with van der Waals surface area (Å²) in [5.41, 5.74) is 7.05. The van der Waals surface area contributed by atoms with Gasteiger partial charge in [-0.1, -0.05) is 50.3 Å². The maximum Gasteiger partial charge on any atom is 0.147 e. The third kappa shape index (κ3) is 4.85. The van der Waals surface area contributed by atoms with Crippen LogP contribution in [0.15, 0.2) is 54.7 Å². The van der Waals surface area contributed by atoms with Crippen molar-refractivity contribution in [2.75, 3.05) is 18.0 Å². The number of nitrogens with one attached hydrogen (secondary N) is 1. The van der Waals surface area contributed by atoms with E-state index in [9.17, 15) is 5.26 Å². The zero-order valence-electron chi connectivity index (χ0n) is 21.3. The molecule has 1 aliphatic heterocycles. The Hall–Kier alpha value is -3.65. The Labute approximate surface area is 218 Å². The van der Waals surface area contributed by atoms with Crippen LogP contribution in [0, 0.1) is 23.1 Å². The van der Waals surface area contributed by atoms with Gasteiger partial charge in [0.05, 0.1) is 17.3 Å². The Morgan fingerprint density at radius 1 is 0.919 bits per heavy atom. The third-order valence-electron chi connectivity index (χ3n) is 8.26. The molecule has 1 aliphatic carbocycles. The topological polar surface area (TPSA) is 55.7 Å². The van der Waals surface area contributed by atoms with Crippen LogP contribution in [0.25, 0.3) is 33.4 Å². The van der Waals surface area contributed by atoms with Crippen molar-refractivity contribution in [3.63, 3.8) is 0 Å². The number of aromatic nitrogens is 2. The van der Waals surface area contributed by atoms with E-state index in [1.807, 2.05) is 24.3 Å². The first-order chi connectivity index (χ1) is 18.2. The lowest BCUT2D eigenvalue weighted by Crippen LogP contribution is -2.30. The summed E-state index contributed by atoms with van der Waals surface area (Å²) in [6.45, 7) is 1.83. The average molecular weight is 493 g/mol. The lowest BCUT2D eigenvalue weighted by atomic mass is 9.83. The number of hydrogen-bond acceptors (Lipinski definition) is 3. The van der Waals surface area contributed by atoms with Crippen LogP contribution >= 0.6 is 0 Å². The van der Waals surface area contributed by atoms with Crippen LogP contribution in [0.1, 0.15) is 62.5 Å². The summed E-state index contributed by atoms with van der Waals surface area (Å²) in [6, 6.07) is 18.3. The molecule has 5 heteroatoms. The summed E-state index contributed by atoms with van der Waals surface area (Å²) in [6.07, 6.45) is 12.7. The van der Waals surface area contributed by atoms with E-state index in [0.29, 0.717) is 11.6 Å². The summed E-state index contributed by atoms with van der Waals surface area (Å²) in [7, 11) is 0. The average Bonchev–Trinajstić information content (AvgIpc) is 3.39. The number of piperidine rings is 1. The monoisotopic (exact) mass is 492 g/mol. The molecule has 0 unspecified atom stereocenters. The number of anilines is 1. The molecule has 3 heterocycles. The van der Waals surface area contributed by atoms with Crippen molar-refractivity contribution in [2.45, 2.75) is 57.8 Å². The molecule has 4 nitrogen and oxygen atoms in total. The fraction of sp³-hybridized carbons (Fsp3) is 0.375. The first-order valence-corrected chi connectivity index (χ1v) is 13.8. The number of rotatable bonds is 5. The first-order valence-electron chi connectivity index (χ1n) is 13.8. The second-order valence-electron chi connectivity index (χ2n) is 10.7. The molecule has 1 N–H and O–H groups in total. The maximum atomic E-state index is 15.1. The van der Waals surface area contributed by atoms with E-state index in [2.05, 4.69) is 39.1 Å². The molecule has 0 bridgehead atoms. The first kappa shape index (κ1) is 23.7. The molecule has 1 saturated carbocycles. The smallest absolute Gasteiger partial charge is 0.147 e. The van der Waals surface area contributed by atoms with Crippen LogP contribution in [-0.2, 0) is 6.42 Å². The largest absolute Gasteiger partial charge is 0.369 e. The zero-order valence-corrected chi connectivity index (χ0v) is 21.3. The van der Waals surface area contributed by atoms with Crippen molar-refractivity contribution in [1.82, 2.24) is 9.97 Å². The number of hydrogen-bond donors (Lipinski definition) is 1. The van der Waals surface area contributed by atoms with Gasteiger partial charge in [-0.3, -0.25) is 0 Å².